The van der Waals surface area contributed by atoms with Crippen LogP contribution in [0.25, 0.3) is 0 Å². The third kappa shape index (κ3) is 3.73. The third-order valence-corrected chi connectivity index (χ3v) is 3.51. The zero-order chi connectivity index (χ0) is 14.8. The molecule has 1 unspecified atom stereocenters. The van der Waals surface area contributed by atoms with Gasteiger partial charge in [-0.15, -0.1) is 0 Å². The van der Waals surface area contributed by atoms with Crippen molar-refractivity contribution in [1.82, 2.24) is 4.90 Å². The Bertz CT molecular complexity index is 453. The van der Waals surface area contributed by atoms with Crippen LogP contribution in [0.15, 0.2) is 30.3 Å². The van der Waals surface area contributed by atoms with Gasteiger partial charge in [0.25, 0.3) is 0 Å². The smallest absolute Gasteiger partial charge is 0.410 e. The number of carbonyl (C=O) groups excluding carboxylic acids is 1. The van der Waals surface area contributed by atoms with Crippen LogP contribution >= 0.6 is 0 Å². The second-order valence-electron chi connectivity index (χ2n) is 6.38. The highest BCUT2D eigenvalue weighted by Crippen LogP contribution is 2.23. The molecule has 20 heavy (non-hydrogen) atoms. The van der Waals surface area contributed by atoms with Crippen LogP contribution in [0.3, 0.4) is 0 Å². The summed E-state index contributed by atoms with van der Waals surface area (Å²) in [5.41, 5.74) is 6.90. The van der Waals surface area contributed by atoms with Gasteiger partial charge in [0.05, 0.1) is 6.04 Å². The first-order chi connectivity index (χ1) is 9.37. The lowest BCUT2D eigenvalue weighted by molar-refractivity contribution is 0.0220. The minimum Gasteiger partial charge on any atom is -0.444 e. The highest BCUT2D eigenvalue weighted by Gasteiger charge is 2.37. The summed E-state index contributed by atoms with van der Waals surface area (Å²) in [5.74, 6) is 0. The molecule has 1 fully saturated rings. The predicted octanol–water partition coefficient (Wildman–Crippen LogP) is 2.57. The van der Waals surface area contributed by atoms with Gasteiger partial charge in [0, 0.05) is 12.6 Å². The van der Waals surface area contributed by atoms with Crippen molar-refractivity contribution >= 4 is 6.09 Å². The molecule has 4 nitrogen and oxygen atoms in total. The first-order valence-electron chi connectivity index (χ1n) is 7.16. The molecule has 4 heteroatoms. The van der Waals surface area contributed by atoms with Gasteiger partial charge in [-0.3, -0.25) is 0 Å². The molecule has 0 aliphatic carbocycles. The van der Waals surface area contributed by atoms with Crippen LogP contribution in [-0.4, -0.2) is 35.2 Å². The molecule has 0 saturated carbocycles. The number of benzene rings is 1. The van der Waals surface area contributed by atoms with Crippen molar-refractivity contribution in [2.24, 2.45) is 5.73 Å². The summed E-state index contributed by atoms with van der Waals surface area (Å²) in [7, 11) is 0. The van der Waals surface area contributed by atoms with Crippen LogP contribution in [0.1, 0.15) is 32.8 Å². The van der Waals surface area contributed by atoms with E-state index in [0.29, 0.717) is 6.54 Å². The first kappa shape index (κ1) is 14.9. The fourth-order valence-corrected chi connectivity index (χ4v) is 2.54. The van der Waals surface area contributed by atoms with Crippen molar-refractivity contribution in [3.05, 3.63) is 35.9 Å². The highest BCUT2D eigenvalue weighted by molar-refractivity contribution is 5.69. The summed E-state index contributed by atoms with van der Waals surface area (Å²) < 4.78 is 5.47. The maximum Gasteiger partial charge on any atom is 0.410 e. The van der Waals surface area contributed by atoms with Gasteiger partial charge in [0.1, 0.15) is 5.60 Å². The van der Waals surface area contributed by atoms with E-state index in [9.17, 15) is 4.79 Å². The largest absolute Gasteiger partial charge is 0.444 e. The van der Waals surface area contributed by atoms with Crippen molar-refractivity contribution in [3.8, 4) is 0 Å². The van der Waals surface area contributed by atoms with Gasteiger partial charge >= 0.3 is 6.09 Å². The molecule has 0 aromatic heterocycles. The molecule has 1 amide bonds. The molecular formula is C16H24N2O2. The summed E-state index contributed by atoms with van der Waals surface area (Å²) in [5, 5.41) is 0. The molecular weight excluding hydrogens is 252 g/mol. The number of ether oxygens (including phenoxy) is 1. The maximum atomic E-state index is 12.3. The van der Waals surface area contributed by atoms with Crippen LogP contribution in [-0.2, 0) is 11.2 Å². The van der Waals surface area contributed by atoms with Gasteiger partial charge in [-0.05, 0) is 39.2 Å². The summed E-state index contributed by atoms with van der Waals surface area (Å²) >= 11 is 0. The van der Waals surface area contributed by atoms with Gasteiger partial charge < -0.3 is 15.4 Å². The number of hydrogen-bond donors (Lipinski definition) is 1. The maximum absolute atomic E-state index is 12.3. The fourth-order valence-electron chi connectivity index (χ4n) is 2.54. The standard InChI is InChI=1S/C16H24N2O2/c1-16(2,3)20-15(19)18-10-9-13(17)14(18)11-12-7-5-4-6-8-12/h4-8,13-14H,9-11,17H2,1-3H3/t13?,14-/m0/s1. The van der Waals surface area contributed by atoms with Crippen molar-refractivity contribution in [3.63, 3.8) is 0 Å². The summed E-state index contributed by atoms with van der Waals surface area (Å²) in [6.07, 6.45) is 1.35. The van der Waals surface area contributed by atoms with Gasteiger partial charge in [-0.25, -0.2) is 4.79 Å². The highest BCUT2D eigenvalue weighted by atomic mass is 16.6. The normalized spacial score (nSPS) is 22.9. The molecule has 2 rings (SSSR count). The zero-order valence-electron chi connectivity index (χ0n) is 12.5. The first-order valence-corrected chi connectivity index (χ1v) is 7.16. The van der Waals surface area contributed by atoms with E-state index in [1.165, 1.54) is 5.56 Å². The van der Waals surface area contributed by atoms with Gasteiger partial charge in [-0.2, -0.15) is 0 Å². The van der Waals surface area contributed by atoms with Gasteiger partial charge in [0.15, 0.2) is 0 Å². The summed E-state index contributed by atoms with van der Waals surface area (Å²) in [6.45, 7) is 6.32. The lowest BCUT2D eigenvalue weighted by Crippen LogP contribution is -2.46. The zero-order valence-corrected chi connectivity index (χ0v) is 12.5. The van der Waals surface area contributed by atoms with E-state index in [4.69, 9.17) is 10.5 Å². The quantitative estimate of drug-likeness (QED) is 0.903. The third-order valence-electron chi connectivity index (χ3n) is 3.51. The average molecular weight is 276 g/mol. The Morgan fingerprint density at radius 3 is 2.60 bits per heavy atom. The average Bonchev–Trinajstić information content (AvgIpc) is 2.70. The molecule has 1 aliphatic heterocycles. The van der Waals surface area contributed by atoms with E-state index in [0.717, 1.165) is 12.8 Å². The van der Waals surface area contributed by atoms with Crippen molar-refractivity contribution < 1.29 is 9.53 Å². The predicted molar refractivity (Wildman–Crippen MR) is 79.5 cm³/mol. The minimum absolute atomic E-state index is 0.0164. The number of amides is 1. The van der Waals surface area contributed by atoms with E-state index in [-0.39, 0.29) is 18.2 Å². The Labute approximate surface area is 120 Å². The van der Waals surface area contributed by atoms with Gasteiger partial charge in [-0.1, -0.05) is 30.3 Å². The van der Waals surface area contributed by atoms with Crippen LogP contribution in [0, 0.1) is 0 Å². The summed E-state index contributed by atoms with van der Waals surface area (Å²) in [6, 6.07) is 10.2. The second-order valence-corrected chi connectivity index (χ2v) is 6.38. The second kappa shape index (κ2) is 5.83. The van der Waals surface area contributed by atoms with Gasteiger partial charge in [0.2, 0.25) is 0 Å². The lowest BCUT2D eigenvalue weighted by atomic mass is 10.0. The number of nitrogens with two attached hydrogens (primary N) is 1. The number of likely N-dealkylation sites (tertiary alicyclic amines) is 1. The van der Waals surface area contributed by atoms with Crippen LogP contribution in [0.4, 0.5) is 4.79 Å². The molecule has 1 aromatic carbocycles. The molecule has 0 bridgehead atoms. The number of rotatable bonds is 2. The Morgan fingerprint density at radius 2 is 2.00 bits per heavy atom. The van der Waals surface area contributed by atoms with Crippen molar-refractivity contribution in [2.75, 3.05) is 6.54 Å². The van der Waals surface area contributed by atoms with E-state index in [2.05, 4.69) is 12.1 Å². The topological polar surface area (TPSA) is 55.6 Å². The van der Waals surface area contributed by atoms with Crippen molar-refractivity contribution in [2.45, 2.75) is 51.3 Å². The summed E-state index contributed by atoms with van der Waals surface area (Å²) in [4.78, 5) is 14.0. The molecule has 110 valence electrons. The fraction of sp³-hybridized carbons (Fsp3) is 0.562. The molecule has 2 N–H and O–H groups in total. The molecule has 1 saturated heterocycles. The molecule has 2 atom stereocenters. The lowest BCUT2D eigenvalue weighted by Gasteiger charge is -2.30. The monoisotopic (exact) mass is 276 g/mol. The number of carbonyl (C=O) groups is 1. The molecule has 1 aliphatic rings. The van der Waals surface area contributed by atoms with E-state index in [1.54, 1.807) is 4.90 Å². The SMILES string of the molecule is CC(C)(C)OC(=O)N1CCC(N)[C@@H]1Cc1ccccc1. The Hall–Kier alpha value is -1.55. The minimum atomic E-state index is -0.471. The number of nitrogens with zero attached hydrogens (tertiary/aromatic N) is 1. The van der Waals surface area contributed by atoms with E-state index >= 15 is 0 Å². The Balaban J connectivity index is 2.07. The van der Waals surface area contributed by atoms with E-state index < -0.39 is 5.60 Å². The Kier molecular flexibility index (Phi) is 4.33. The molecule has 1 heterocycles. The van der Waals surface area contributed by atoms with Crippen molar-refractivity contribution in [1.29, 1.82) is 0 Å². The molecule has 0 radical (unpaired) electrons. The Morgan fingerprint density at radius 1 is 1.35 bits per heavy atom. The van der Waals surface area contributed by atoms with Crippen LogP contribution in [0.5, 0.6) is 0 Å². The number of hydrogen-bond acceptors (Lipinski definition) is 3. The molecule has 0 spiro atoms. The molecule has 1 aromatic rings. The van der Waals surface area contributed by atoms with E-state index in [1.807, 2.05) is 39.0 Å². The van der Waals surface area contributed by atoms with Crippen LogP contribution < -0.4 is 5.73 Å². The van der Waals surface area contributed by atoms with Crippen LogP contribution in [0.2, 0.25) is 0 Å².